The molecule has 0 amide bonds. The van der Waals surface area contributed by atoms with Gasteiger partial charge in [-0.15, -0.1) is 0 Å². The fourth-order valence-corrected chi connectivity index (χ4v) is 7.21. The van der Waals surface area contributed by atoms with Gasteiger partial charge in [-0.05, 0) is 88.0 Å². The summed E-state index contributed by atoms with van der Waals surface area (Å²) < 4.78 is 11.5. The average molecular weight is 594 g/mol. The predicted molar refractivity (Wildman–Crippen MR) is 163 cm³/mol. The maximum atomic E-state index is 12.6. The van der Waals surface area contributed by atoms with Crippen molar-refractivity contribution in [3.05, 3.63) is 77.2 Å². The molecule has 3 saturated heterocycles. The number of aliphatic hydroxyl groups excluding tert-OH is 1. The zero-order chi connectivity index (χ0) is 29.9. The van der Waals surface area contributed by atoms with E-state index in [2.05, 4.69) is 25.7 Å². The number of esters is 1. The third-order valence-electron chi connectivity index (χ3n) is 10.2. The normalized spacial score (nSPS) is 25.3. The number of anilines is 3. The lowest BCUT2D eigenvalue weighted by Crippen LogP contribution is -2.51. The quantitative estimate of drug-likeness (QED) is 0.244. The van der Waals surface area contributed by atoms with Crippen molar-refractivity contribution >= 4 is 23.4 Å². The number of cyclic esters (lactones) is 1. The maximum Gasteiger partial charge on any atom is 0.338 e. The van der Waals surface area contributed by atoms with Crippen LogP contribution in [0, 0.1) is 0 Å². The summed E-state index contributed by atoms with van der Waals surface area (Å²) in [6, 6.07) is 15.0. The van der Waals surface area contributed by atoms with E-state index >= 15 is 0 Å². The monoisotopic (exact) mass is 593 g/mol. The molecular formula is C33H35N7O4. The summed E-state index contributed by atoms with van der Waals surface area (Å²) in [4.78, 5) is 29.4. The second-order valence-electron chi connectivity index (χ2n) is 12.6. The first kappa shape index (κ1) is 27.2. The molecule has 2 aromatic carbocycles. The Hall–Kier alpha value is -4.35. The molecule has 11 nitrogen and oxygen atoms in total. The van der Waals surface area contributed by atoms with E-state index in [9.17, 15) is 9.90 Å². The van der Waals surface area contributed by atoms with Crippen molar-refractivity contribution in [2.24, 2.45) is 0 Å². The van der Waals surface area contributed by atoms with Crippen molar-refractivity contribution in [1.82, 2.24) is 25.0 Å². The minimum absolute atomic E-state index is 0.0561. The van der Waals surface area contributed by atoms with Crippen molar-refractivity contribution in [2.75, 3.05) is 36.9 Å². The van der Waals surface area contributed by atoms with Gasteiger partial charge in [-0.3, -0.25) is 0 Å². The van der Waals surface area contributed by atoms with Gasteiger partial charge in [0, 0.05) is 22.7 Å². The number of benzene rings is 2. The number of ether oxygens (including phenoxy) is 1. The summed E-state index contributed by atoms with van der Waals surface area (Å²) >= 11 is 0. The summed E-state index contributed by atoms with van der Waals surface area (Å²) in [5.74, 6) is 1.63. The van der Waals surface area contributed by atoms with Crippen molar-refractivity contribution in [1.29, 1.82) is 0 Å². The molecule has 5 aliphatic rings. The van der Waals surface area contributed by atoms with Crippen molar-refractivity contribution in [3.63, 3.8) is 0 Å². The third kappa shape index (κ3) is 4.53. The van der Waals surface area contributed by atoms with Gasteiger partial charge in [0.05, 0.1) is 18.2 Å². The van der Waals surface area contributed by atoms with E-state index in [0.29, 0.717) is 28.8 Å². The number of nitrogens with one attached hydrogen (secondary N) is 2. The van der Waals surface area contributed by atoms with Gasteiger partial charge in [0.25, 0.3) is 5.89 Å². The van der Waals surface area contributed by atoms with Gasteiger partial charge in [-0.1, -0.05) is 35.5 Å². The van der Waals surface area contributed by atoms with Crippen LogP contribution in [0.2, 0.25) is 0 Å². The van der Waals surface area contributed by atoms with Crippen LogP contribution in [0.15, 0.2) is 59.3 Å². The molecule has 6 heterocycles. The lowest BCUT2D eigenvalue weighted by Gasteiger charge is -2.46. The Bertz CT molecular complexity index is 1700. The number of hydrogen-bond acceptors (Lipinski definition) is 11. The van der Waals surface area contributed by atoms with Gasteiger partial charge >= 0.3 is 5.97 Å². The Morgan fingerprint density at radius 2 is 1.80 bits per heavy atom. The molecule has 1 spiro atoms. The summed E-state index contributed by atoms with van der Waals surface area (Å²) in [7, 11) is 0. The van der Waals surface area contributed by atoms with Gasteiger partial charge in [-0.25, -0.2) is 9.78 Å². The van der Waals surface area contributed by atoms with E-state index < -0.39 is 6.04 Å². The Morgan fingerprint density at radius 1 is 1.02 bits per heavy atom. The van der Waals surface area contributed by atoms with Crippen LogP contribution >= 0.6 is 0 Å². The van der Waals surface area contributed by atoms with Crippen molar-refractivity contribution in [3.8, 4) is 11.5 Å². The molecule has 9 rings (SSSR count). The van der Waals surface area contributed by atoms with Gasteiger partial charge in [0.1, 0.15) is 17.5 Å². The molecule has 226 valence electrons. The molecule has 3 N–H and O–H groups in total. The molecule has 11 heteroatoms. The standard InChI is InChI=1S/C33H35N7O4/c1-20-33(9-10-33)25-17-22(7-8-23(25)29(42)43-20)35-31-34-18-24(27(37-31)36-26(19-41)21-5-3-2-4-6-21)28-38-30(39-44-28)32-11-14-40(15-12-32)16-13-32/h2-8,17-18,20,26,41H,9-16,19H2,1H3,(H2,34,35,36,37)/t20?,26-/m1/s1. The number of nitrogens with zero attached hydrogens (tertiary/aromatic N) is 5. The van der Waals surface area contributed by atoms with Crippen LogP contribution in [0.25, 0.3) is 11.5 Å². The van der Waals surface area contributed by atoms with Crippen LogP contribution in [-0.4, -0.2) is 68.4 Å². The van der Waals surface area contributed by atoms with Gasteiger partial charge < -0.3 is 29.9 Å². The SMILES string of the molecule is CC1OC(=O)c2ccc(Nc3ncc(-c4nc(C56CCN(CC5)CC6)no4)c(N[C@H](CO)c4ccccc4)n3)cc2C12CC2. The van der Waals surface area contributed by atoms with E-state index in [1.165, 1.54) is 0 Å². The lowest BCUT2D eigenvalue weighted by atomic mass is 9.71. The molecule has 44 heavy (non-hydrogen) atoms. The largest absolute Gasteiger partial charge is 0.458 e. The van der Waals surface area contributed by atoms with Crippen LogP contribution in [-0.2, 0) is 15.6 Å². The maximum absolute atomic E-state index is 12.6. The lowest BCUT2D eigenvalue weighted by molar-refractivity contribution is 0.0191. The fraction of sp³-hybridized carbons (Fsp3) is 0.424. The predicted octanol–water partition coefficient (Wildman–Crippen LogP) is 4.74. The number of aromatic nitrogens is 4. The highest BCUT2D eigenvalue weighted by atomic mass is 16.5. The Balaban J connectivity index is 1.14. The minimum atomic E-state index is -0.424. The topological polar surface area (TPSA) is 139 Å². The summed E-state index contributed by atoms with van der Waals surface area (Å²) in [6.45, 7) is 4.99. The first-order chi connectivity index (χ1) is 21.5. The van der Waals surface area contributed by atoms with E-state index in [0.717, 1.165) is 74.4 Å². The van der Waals surface area contributed by atoms with E-state index in [1.807, 2.05) is 55.5 Å². The summed E-state index contributed by atoms with van der Waals surface area (Å²) in [6.07, 6.45) is 6.57. The summed E-state index contributed by atoms with van der Waals surface area (Å²) in [5.41, 5.74) is 3.71. The van der Waals surface area contributed by atoms with Crippen LogP contribution in [0.5, 0.6) is 0 Å². The average Bonchev–Trinajstić information content (AvgIpc) is 3.72. The zero-order valence-electron chi connectivity index (χ0n) is 24.6. The van der Waals surface area contributed by atoms with Gasteiger partial charge in [0.2, 0.25) is 5.95 Å². The van der Waals surface area contributed by atoms with Gasteiger partial charge in [-0.2, -0.15) is 9.97 Å². The second kappa shape index (κ2) is 10.4. The molecule has 1 unspecified atom stereocenters. The second-order valence-corrected chi connectivity index (χ2v) is 12.6. The van der Waals surface area contributed by atoms with Crippen LogP contribution in [0.1, 0.15) is 72.4 Å². The Labute approximate surface area is 255 Å². The Morgan fingerprint density at radius 3 is 2.52 bits per heavy atom. The molecule has 0 radical (unpaired) electrons. The van der Waals surface area contributed by atoms with Gasteiger partial charge in [0.15, 0.2) is 5.82 Å². The number of piperidine rings is 3. The smallest absolute Gasteiger partial charge is 0.338 e. The molecule has 2 atom stereocenters. The highest BCUT2D eigenvalue weighted by Gasteiger charge is 2.55. The molecule has 4 aliphatic heterocycles. The zero-order valence-corrected chi connectivity index (χ0v) is 24.6. The number of carbonyl (C=O) groups is 1. The molecular weight excluding hydrogens is 558 g/mol. The van der Waals surface area contributed by atoms with E-state index in [4.69, 9.17) is 19.2 Å². The number of hydrogen-bond donors (Lipinski definition) is 3. The van der Waals surface area contributed by atoms with Crippen LogP contribution < -0.4 is 10.6 Å². The molecule has 2 bridgehead atoms. The number of rotatable bonds is 8. The third-order valence-corrected chi connectivity index (χ3v) is 10.2. The van der Waals surface area contributed by atoms with Crippen LogP contribution in [0.4, 0.5) is 17.5 Å². The Kier molecular flexibility index (Phi) is 6.42. The first-order valence-electron chi connectivity index (χ1n) is 15.5. The molecule has 1 saturated carbocycles. The molecule has 1 aliphatic carbocycles. The van der Waals surface area contributed by atoms with Crippen molar-refractivity contribution < 1.29 is 19.2 Å². The van der Waals surface area contributed by atoms with E-state index in [-0.39, 0.29) is 29.5 Å². The minimum Gasteiger partial charge on any atom is -0.458 e. The van der Waals surface area contributed by atoms with E-state index in [1.54, 1.807) is 6.20 Å². The summed E-state index contributed by atoms with van der Waals surface area (Å²) in [5, 5.41) is 21.5. The highest BCUT2D eigenvalue weighted by Crippen LogP contribution is 2.55. The van der Waals surface area contributed by atoms with Crippen LogP contribution in [0.3, 0.4) is 0 Å². The first-order valence-corrected chi connectivity index (χ1v) is 15.5. The number of fused-ring (bicyclic) bond motifs is 5. The number of aliphatic hydroxyl groups is 1. The van der Waals surface area contributed by atoms with Crippen molar-refractivity contribution in [2.45, 2.75) is 62.0 Å². The molecule has 4 aromatic rings. The molecule has 4 fully saturated rings. The molecule has 2 aromatic heterocycles. The highest BCUT2D eigenvalue weighted by molar-refractivity contribution is 5.94. The fourth-order valence-electron chi connectivity index (χ4n) is 7.21. The number of carbonyl (C=O) groups excluding carboxylic acids is 1.